The third-order valence-electron chi connectivity index (χ3n) is 3.82. The highest BCUT2D eigenvalue weighted by Gasteiger charge is 2.41. The minimum Gasteiger partial charge on any atom is -0.465 e. The van der Waals surface area contributed by atoms with Crippen LogP contribution in [-0.4, -0.2) is 46.3 Å². The van der Waals surface area contributed by atoms with Crippen LogP contribution in [-0.2, 0) is 0 Å². The summed E-state index contributed by atoms with van der Waals surface area (Å²) in [7, 11) is 0. The van der Waals surface area contributed by atoms with E-state index >= 15 is 0 Å². The number of nitrogens with zero attached hydrogens (tertiary/aromatic N) is 3. The van der Waals surface area contributed by atoms with Crippen molar-refractivity contribution in [3.05, 3.63) is 18.3 Å². The van der Waals surface area contributed by atoms with Gasteiger partial charge in [0.05, 0.1) is 11.9 Å². The second kappa shape index (κ2) is 4.04. The normalized spacial score (nSPS) is 26.4. The molecule has 2 aliphatic rings. The average Bonchev–Trinajstić information content (AvgIpc) is 2.61. The van der Waals surface area contributed by atoms with Crippen LogP contribution in [0, 0.1) is 0 Å². The Morgan fingerprint density at radius 2 is 2.00 bits per heavy atom. The van der Waals surface area contributed by atoms with E-state index in [4.69, 9.17) is 10.8 Å². The molecule has 2 fully saturated rings. The molecule has 6 heteroatoms. The lowest BCUT2D eigenvalue weighted by atomic mass is 10.1. The van der Waals surface area contributed by atoms with Gasteiger partial charge in [-0.1, -0.05) is 0 Å². The molecular weight excluding hydrogens is 232 g/mol. The zero-order valence-corrected chi connectivity index (χ0v) is 9.99. The molecule has 0 radical (unpaired) electrons. The van der Waals surface area contributed by atoms with Gasteiger partial charge in [-0.05, 0) is 25.0 Å². The quantitative estimate of drug-likeness (QED) is 0.774. The van der Waals surface area contributed by atoms with Crippen LogP contribution in [0.25, 0.3) is 0 Å². The van der Waals surface area contributed by atoms with Gasteiger partial charge in [-0.15, -0.1) is 0 Å². The summed E-state index contributed by atoms with van der Waals surface area (Å²) in [6, 6.07) is 4.29. The predicted molar refractivity (Wildman–Crippen MR) is 67.5 cm³/mol. The smallest absolute Gasteiger partial charge is 0.407 e. The van der Waals surface area contributed by atoms with E-state index in [1.165, 1.54) is 4.90 Å². The molecule has 3 N–H and O–H groups in total. The Labute approximate surface area is 105 Å². The van der Waals surface area contributed by atoms with Gasteiger partial charge in [-0.25, -0.2) is 9.78 Å². The summed E-state index contributed by atoms with van der Waals surface area (Å²) in [6.07, 6.45) is 3.04. The summed E-state index contributed by atoms with van der Waals surface area (Å²) in [6.45, 7) is 1.16. The van der Waals surface area contributed by atoms with Gasteiger partial charge in [0.25, 0.3) is 0 Å². The molecule has 18 heavy (non-hydrogen) atoms. The topological polar surface area (TPSA) is 82.7 Å². The molecule has 3 rings (SSSR count). The summed E-state index contributed by atoms with van der Waals surface area (Å²) >= 11 is 0. The van der Waals surface area contributed by atoms with Gasteiger partial charge in [-0.2, -0.15) is 0 Å². The van der Waals surface area contributed by atoms with E-state index < -0.39 is 6.09 Å². The lowest BCUT2D eigenvalue weighted by Crippen LogP contribution is -2.55. The number of anilines is 2. The first-order chi connectivity index (χ1) is 8.65. The Kier molecular flexibility index (Phi) is 2.50. The first-order valence-electron chi connectivity index (χ1n) is 6.13. The minimum absolute atomic E-state index is 0.269. The third-order valence-corrected chi connectivity index (χ3v) is 3.82. The van der Waals surface area contributed by atoms with Crippen LogP contribution in [0.4, 0.5) is 16.3 Å². The maximum absolute atomic E-state index is 11.0. The molecule has 3 heterocycles. The van der Waals surface area contributed by atoms with Crippen LogP contribution >= 0.6 is 0 Å². The average molecular weight is 248 g/mol. The van der Waals surface area contributed by atoms with Gasteiger partial charge in [0.15, 0.2) is 0 Å². The maximum Gasteiger partial charge on any atom is 0.407 e. The van der Waals surface area contributed by atoms with E-state index in [1.807, 2.05) is 6.07 Å². The number of hydrogen-bond acceptors (Lipinski definition) is 4. The van der Waals surface area contributed by atoms with Crippen molar-refractivity contribution in [1.29, 1.82) is 0 Å². The largest absolute Gasteiger partial charge is 0.465 e. The number of likely N-dealkylation sites (tertiary alicyclic amines) is 1. The van der Waals surface area contributed by atoms with Crippen molar-refractivity contribution < 1.29 is 9.90 Å². The lowest BCUT2D eigenvalue weighted by Gasteiger charge is -2.41. The van der Waals surface area contributed by atoms with Crippen molar-refractivity contribution in [2.24, 2.45) is 0 Å². The highest BCUT2D eigenvalue weighted by Crippen LogP contribution is 2.34. The van der Waals surface area contributed by atoms with Crippen molar-refractivity contribution >= 4 is 17.6 Å². The zero-order chi connectivity index (χ0) is 12.7. The molecule has 6 nitrogen and oxygen atoms in total. The Balaban J connectivity index is 1.83. The van der Waals surface area contributed by atoms with E-state index in [1.54, 1.807) is 12.3 Å². The van der Waals surface area contributed by atoms with Crippen molar-refractivity contribution in [1.82, 2.24) is 9.88 Å². The van der Waals surface area contributed by atoms with Crippen LogP contribution in [0.5, 0.6) is 0 Å². The number of carboxylic acid groups (broad SMARTS) is 1. The SMILES string of the molecule is Nc1ccc(N2C3CCC2CN(C(=O)O)C3)cn1. The molecule has 96 valence electrons. The number of rotatable bonds is 1. The number of piperazine rings is 1. The van der Waals surface area contributed by atoms with E-state index in [9.17, 15) is 4.79 Å². The first kappa shape index (κ1) is 11.1. The van der Waals surface area contributed by atoms with Crippen LogP contribution in [0.2, 0.25) is 0 Å². The van der Waals surface area contributed by atoms with Gasteiger partial charge in [-0.3, -0.25) is 0 Å². The molecule has 1 aromatic heterocycles. The van der Waals surface area contributed by atoms with Gasteiger partial charge in [0.1, 0.15) is 5.82 Å². The number of amides is 1. The van der Waals surface area contributed by atoms with E-state index in [0.717, 1.165) is 18.5 Å². The minimum atomic E-state index is -0.818. The fourth-order valence-electron chi connectivity index (χ4n) is 3.03. The van der Waals surface area contributed by atoms with Crippen molar-refractivity contribution in [2.75, 3.05) is 23.7 Å². The summed E-state index contributed by atoms with van der Waals surface area (Å²) in [4.78, 5) is 19.0. The van der Waals surface area contributed by atoms with E-state index in [0.29, 0.717) is 18.9 Å². The maximum atomic E-state index is 11.0. The molecular formula is C12H16N4O2. The number of pyridine rings is 1. The number of nitrogen functional groups attached to an aromatic ring is 1. The van der Waals surface area contributed by atoms with Crippen LogP contribution < -0.4 is 10.6 Å². The number of aromatic nitrogens is 1. The number of hydrogen-bond donors (Lipinski definition) is 2. The number of nitrogens with two attached hydrogens (primary N) is 1. The summed E-state index contributed by atoms with van der Waals surface area (Å²) in [5.41, 5.74) is 6.63. The molecule has 2 unspecified atom stereocenters. The van der Waals surface area contributed by atoms with Crippen molar-refractivity contribution in [3.63, 3.8) is 0 Å². The Bertz CT molecular complexity index is 448. The lowest BCUT2D eigenvalue weighted by molar-refractivity contribution is 0.133. The highest BCUT2D eigenvalue weighted by molar-refractivity contribution is 5.66. The molecule has 1 aromatic rings. The Morgan fingerprint density at radius 3 is 2.50 bits per heavy atom. The molecule has 2 atom stereocenters. The summed E-state index contributed by atoms with van der Waals surface area (Å²) in [5, 5.41) is 9.07. The van der Waals surface area contributed by atoms with Crippen LogP contribution in [0.15, 0.2) is 18.3 Å². The third kappa shape index (κ3) is 1.73. The Morgan fingerprint density at radius 1 is 1.33 bits per heavy atom. The van der Waals surface area contributed by atoms with Crippen LogP contribution in [0.3, 0.4) is 0 Å². The van der Waals surface area contributed by atoms with Crippen molar-refractivity contribution in [3.8, 4) is 0 Å². The predicted octanol–water partition coefficient (Wildman–Crippen LogP) is 0.995. The Hall–Kier alpha value is -1.98. The van der Waals surface area contributed by atoms with Gasteiger partial charge in [0, 0.05) is 25.2 Å². The fraction of sp³-hybridized carbons (Fsp3) is 0.500. The monoisotopic (exact) mass is 248 g/mol. The first-order valence-corrected chi connectivity index (χ1v) is 6.13. The fourth-order valence-corrected chi connectivity index (χ4v) is 3.03. The molecule has 2 saturated heterocycles. The number of fused-ring (bicyclic) bond motifs is 2. The molecule has 0 aliphatic carbocycles. The summed E-state index contributed by atoms with van der Waals surface area (Å²) < 4.78 is 0. The molecule has 0 saturated carbocycles. The van der Waals surface area contributed by atoms with E-state index in [2.05, 4.69) is 9.88 Å². The molecule has 0 aromatic carbocycles. The summed E-state index contributed by atoms with van der Waals surface area (Å²) in [5.74, 6) is 0.510. The number of carbonyl (C=O) groups is 1. The molecule has 1 amide bonds. The van der Waals surface area contributed by atoms with Gasteiger partial charge in [0.2, 0.25) is 0 Å². The van der Waals surface area contributed by atoms with E-state index in [-0.39, 0.29) is 12.1 Å². The molecule has 2 aliphatic heterocycles. The van der Waals surface area contributed by atoms with Gasteiger partial charge < -0.3 is 20.6 Å². The van der Waals surface area contributed by atoms with Crippen LogP contribution in [0.1, 0.15) is 12.8 Å². The molecule has 2 bridgehead atoms. The molecule has 0 spiro atoms. The zero-order valence-electron chi connectivity index (χ0n) is 9.99. The highest BCUT2D eigenvalue weighted by atomic mass is 16.4. The van der Waals surface area contributed by atoms with Crippen molar-refractivity contribution in [2.45, 2.75) is 24.9 Å². The standard InChI is InChI=1S/C12H16N4O2/c13-11-4-3-8(5-14-11)16-9-1-2-10(16)7-15(6-9)12(17)18/h3-5,9-10H,1-2,6-7H2,(H2,13,14)(H,17,18). The second-order valence-corrected chi connectivity index (χ2v) is 4.92. The second-order valence-electron chi connectivity index (χ2n) is 4.92. The van der Waals surface area contributed by atoms with Gasteiger partial charge >= 0.3 is 6.09 Å².